The molecular formula is C18H15ClN4O3. The zero-order valence-corrected chi connectivity index (χ0v) is 14.8. The number of anilines is 1. The van der Waals surface area contributed by atoms with Gasteiger partial charge in [-0.1, -0.05) is 23.7 Å². The molecule has 2 N–H and O–H groups in total. The van der Waals surface area contributed by atoms with Crippen molar-refractivity contribution in [2.45, 2.75) is 5.92 Å². The molecule has 1 heterocycles. The molecule has 0 aliphatic carbocycles. The number of benzene rings is 2. The third-order valence-electron chi connectivity index (χ3n) is 4.22. The summed E-state index contributed by atoms with van der Waals surface area (Å²) in [5.41, 5.74) is 8.08. The van der Waals surface area contributed by atoms with E-state index in [1.165, 1.54) is 12.1 Å². The van der Waals surface area contributed by atoms with Gasteiger partial charge < -0.3 is 15.4 Å². The number of nitrogens with two attached hydrogens (primary N) is 1. The normalized spacial score (nSPS) is 15.7. The molecule has 0 bridgehead atoms. The smallest absolute Gasteiger partial charge is 0.288 e. The van der Waals surface area contributed by atoms with E-state index in [4.69, 9.17) is 22.1 Å². The summed E-state index contributed by atoms with van der Waals surface area (Å²) in [6.07, 6.45) is 0. The van der Waals surface area contributed by atoms with Gasteiger partial charge in [0.25, 0.3) is 5.69 Å². The largest absolute Gasteiger partial charge is 0.440 e. The first-order chi connectivity index (χ1) is 12.3. The second-order valence-corrected chi connectivity index (χ2v) is 6.42. The molecule has 2 aromatic rings. The molecule has 0 aromatic heterocycles. The van der Waals surface area contributed by atoms with E-state index in [1.54, 1.807) is 6.07 Å². The van der Waals surface area contributed by atoms with E-state index in [0.717, 1.165) is 5.69 Å². The number of allylic oxidation sites excluding steroid dienone is 1. The Morgan fingerprint density at radius 2 is 2.04 bits per heavy atom. The number of nitriles is 1. The number of halogens is 1. The fourth-order valence-electron chi connectivity index (χ4n) is 2.91. The SMILES string of the molecule is CN(C)c1ccc2c(c1)OC(N)=C(C#N)C2c1ccc(Cl)c([N+](=O)[O-])c1. The second-order valence-electron chi connectivity index (χ2n) is 6.01. The topological polar surface area (TPSA) is 105 Å². The summed E-state index contributed by atoms with van der Waals surface area (Å²) in [6.45, 7) is 0. The number of hydrogen-bond donors (Lipinski definition) is 1. The molecule has 2 aromatic carbocycles. The Bertz CT molecular complexity index is 979. The Morgan fingerprint density at radius 3 is 2.65 bits per heavy atom. The number of nitro groups is 1. The highest BCUT2D eigenvalue weighted by molar-refractivity contribution is 6.32. The van der Waals surface area contributed by atoms with Gasteiger partial charge >= 0.3 is 0 Å². The summed E-state index contributed by atoms with van der Waals surface area (Å²) >= 11 is 5.91. The van der Waals surface area contributed by atoms with E-state index in [0.29, 0.717) is 16.9 Å². The van der Waals surface area contributed by atoms with E-state index >= 15 is 0 Å². The van der Waals surface area contributed by atoms with E-state index in [2.05, 4.69) is 6.07 Å². The van der Waals surface area contributed by atoms with Gasteiger partial charge in [0.1, 0.15) is 22.4 Å². The molecule has 0 fully saturated rings. The lowest BCUT2D eigenvalue weighted by Crippen LogP contribution is -2.21. The van der Waals surface area contributed by atoms with E-state index in [-0.39, 0.29) is 22.2 Å². The van der Waals surface area contributed by atoms with Crippen molar-refractivity contribution in [3.8, 4) is 11.8 Å². The lowest BCUT2D eigenvalue weighted by Gasteiger charge is -2.27. The molecule has 0 saturated heterocycles. The molecule has 26 heavy (non-hydrogen) atoms. The number of rotatable bonds is 3. The molecule has 1 atom stereocenters. The minimum atomic E-state index is -0.573. The minimum absolute atomic E-state index is 0.0153. The van der Waals surface area contributed by atoms with Crippen LogP contribution in [0.5, 0.6) is 5.75 Å². The number of hydrogen-bond acceptors (Lipinski definition) is 6. The zero-order valence-electron chi connectivity index (χ0n) is 14.1. The van der Waals surface area contributed by atoms with Gasteiger partial charge in [0, 0.05) is 37.5 Å². The molecule has 0 radical (unpaired) electrons. The molecular weight excluding hydrogens is 356 g/mol. The molecule has 3 rings (SSSR count). The molecule has 0 saturated carbocycles. The van der Waals surface area contributed by atoms with Crippen molar-refractivity contribution in [3.63, 3.8) is 0 Å². The first-order valence-corrected chi connectivity index (χ1v) is 8.04. The molecule has 132 valence electrons. The van der Waals surface area contributed by atoms with Crippen molar-refractivity contribution in [1.82, 2.24) is 0 Å². The summed E-state index contributed by atoms with van der Waals surface area (Å²) in [5.74, 6) is -0.0789. The molecule has 8 heteroatoms. The number of nitro benzene ring substituents is 1. The van der Waals surface area contributed by atoms with E-state index in [1.807, 2.05) is 37.2 Å². The van der Waals surface area contributed by atoms with Crippen molar-refractivity contribution in [2.75, 3.05) is 19.0 Å². The van der Waals surface area contributed by atoms with Gasteiger partial charge in [-0.3, -0.25) is 10.1 Å². The van der Waals surface area contributed by atoms with Crippen LogP contribution in [0.3, 0.4) is 0 Å². The average molecular weight is 371 g/mol. The maximum absolute atomic E-state index is 11.2. The maximum Gasteiger partial charge on any atom is 0.288 e. The predicted octanol–water partition coefficient (Wildman–Crippen LogP) is 3.53. The first-order valence-electron chi connectivity index (χ1n) is 7.66. The van der Waals surface area contributed by atoms with Gasteiger partial charge in [-0.15, -0.1) is 0 Å². The first kappa shape index (κ1) is 17.6. The van der Waals surface area contributed by atoms with Crippen LogP contribution in [0.1, 0.15) is 17.0 Å². The van der Waals surface area contributed by atoms with Crippen LogP contribution in [-0.4, -0.2) is 19.0 Å². The van der Waals surface area contributed by atoms with Crippen LogP contribution < -0.4 is 15.4 Å². The zero-order chi connectivity index (χ0) is 19.0. The van der Waals surface area contributed by atoms with Crippen molar-refractivity contribution in [2.24, 2.45) is 5.73 Å². The van der Waals surface area contributed by atoms with Gasteiger partial charge in [-0.2, -0.15) is 5.26 Å². The van der Waals surface area contributed by atoms with Crippen LogP contribution in [0.4, 0.5) is 11.4 Å². The summed E-state index contributed by atoms with van der Waals surface area (Å²) in [5, 5.41) is 20.8. The van der Waals surface area contributed by atoms with Gasteiger partial charge in [0.05, 0.1) is 10.8 Å². The monoisotopic (exact) mass is 370 g/mol. The number of fused-ring (bicyclic) bond motifs is 1. The van der Waals surface area contributed by atoms with Gasteiger partial charge in [0.2, 0.25) is 5.88 Å². The van der Waals surface area contributed by atoms with Crippen LogP contribution in [0.2, 0.25) is 5.02 Å². The molecule has 1 unspecified atom stereocenters. The highest BCUT2D eigenvalue weighted by Gasteiger charge is 2.32. The summed E-state index contributed by atoms with van der Waals surface area (Å²) in [6, 6.07) is 12.1. The van der Waals surface area contributed by atoms with Crippen LogP contribution in [0, 0.1) is 21.4 Å². The maximum atomic E-state index is 11.2. The highest BCUT2D eigenvalue weighted by Crippen LogP contribution is 2.44. The van der Waals surface area contributed by atoms with E-state index < -0.39 is 10.8 Å². The fraction of sp³-hybridized carbons (Fsp3) is 0.167. The Kier molecular flexibility index (Phi) is 4.45. The molecule has 0 spiro atoms. The Morgan fingerprint density at radius 1 is 1.31 bits per heavy atom. The van der Waals surface area contributed by atoms with Crippen molar-refractivity contribution in [1.29, 1.82) is 5.26 Å². The second kappa shape index (κ2) is 6.58. The lowest BCUT2D eigenvalue weighted by atomic mass is 9.83. The third-order valence-corrected chi connectivity index (χ3v) is 4.54. The molecule has 7 nitrogen and oxygen atoms in total. The van der Waals surface area contributed by atoms with Gasteiger partial charge in [0.15, 0.2) is 0 Å². The Hall–Kier alpha value is -3.24. The standard InChI is InChI=1S/C18H15ClN4O3/c1-22(2)11-4-5-12-16(8-11)26-18(21)13(9-20)17(12)10-3-6-14(19)15(7-10)23(24)25/h3-8,17H,21H2,1-2H3. The molecule has 1 aliphatic rings. The average Bonchev–Trinajstić information content (AvgIpc) is 2.60. The van der Waals surface area contributed by atoms with Crippen LogP contribution in [0.25, 0.3) is 0 Å². The van der Waals surface area contributed by atoms with Crippen molar-refractivity contribution < 1.29 is 9.66 Å². The lowest BCUT2D eigenvalue weighted by molar-refractivity contribution is -0.384. The van der Waals surface area contributed by atoms with Crippen LogP contribution in [-0.2, 0) is 0 Å². The Labute approximate surface area is 155 Å². The third kappa shape index (κ3) is 2.91. The van der Waals surface area contributed by atoms with Crippen molar-refractivity contribution >= 4 is 23.0 Å². The van der Waals surface area contributed by atoms with Gasteiger partial charge in [-0.25, -0.2) is 0 Å². The summed E-state index contributed by atoms with van der Waals surface area (Å²) in [4.78, 5) is 12.6. The highest BCUT2D eigenvalue weighted by atomic mass is 35.5. The summed E-state index contributed by atoms with van der Waals surface area (Å²) < 4.78 is 5.63. The fourth-order valence-corrected chi connectivity index (χ4v) is 3.10. The van der Waals surface area contributed by atoms with Crippen LogP contribution in [0.15, 0.2) is 47.9 Å². The number of ether oxygens (including phenoxy) is 1. The van der Waals surface area contributed by atoms with Gasteiger partial charge in [-0.05, 0) is 17.7 Å². The van der Waals surface area contributed by atoms with Crippen LogP contribution >= 0.6 is 11.6 Å². The minimum Gasteiger partial charge on any atom is -0.440 e. The molecule has 0 amide bonds. The molecule has 1 aliphatic heterocycles. The number of nitrogens with zero attached hydrogens (tertiary/aromatic N) is 3. The Balaban J connectivity index is 2.22. The predicted molar refractivity (Wildman–Crippen MR) is 98.2 cm³/mol. The van der Waals surface area contributed by atoms with Crippen molar-refractivity contribution in [3.05, 3.63) is 74.1 Å². The van der Waals surface area contributed by atoms with E-state index in [9.17, 15) is 15.4 Å². The summed E-state index contributed by atoms with van der Waals surface area (Å²) in [7, 11) is 3.79. The quantitative estimate of drug-likeness (QED) is 0.654.